The van der Waals surface area contributed by atoms with Crippen molar-refractivity contribution >= 4 is 5.91 Å². The van der Waals surface area contributed by atoms with E-state index in [4.69, 9.17) is 11.5 Å². The van der Waals surface area contributed by atoms with Gasteiger partial charge in [-0.2, -0.15) is 0 Å². The Kier molecular flexibility index (Phi) is 5.96. The summed E-state index contributed by atoms with van der Waals surface area (Å²) in [4.78, 5) is 11.7. The van der Waals surface area contributed by atoms with Gasteiger partial charge in [0.15, 0.2) is 0 Å². The summed E-state index contributed by atoms with van der Waals surface area (Å²) in [5, 5.41) is 11.8. The van der Waals surface area contributed by atoms with Gasteiger partial charge in [-0.25, -0.2) is 0 Å². The number of benzene rings is 1. The third-order valence-electron chi connectivity index (χ3n) is 2.85. The molecule has 1 rings (SSSR count). The standard InChI is InChI=1S/C15H19NO2/c1-3-13(11-17)9-10-15(18)16-12(2)14-7-5-4-6-8-14/h1,4-8,12-13,17H,9-11H2,2H3,(H,16,18)/t12-,13-/m0/s1. The highest BCUT2D eigenvalue weighted by molar-refractivity contribution is 5.76. The van der Waals surface area contributed by atoms with E-state index in [2.05, 4.69) is 11.2 Å². The van der Waals surface area contributed by atoms with Gasteiger partial charge in [0, 0.05) is 12.3 Å². The fourth-order valence-corrected chi connectivity index (χ4v) is 1.67. The molecule has 0 aliphatic heterocycles. The molecule has 96 valence electrons. The highest BCUT2D eigenvalue weighted by Gasteiger charge is 2.11. The lowest BCUT2D eigenvalue weighted by Crippen LogP contribution is -2.27. The van der Waals surface area contributed by atoms with E-state index in [0.29, 0.717) is 12.8 Å². The van der Waals surface area contributed by atoms with Crippen molar-refractivity contribution in [3.05, 3.63) is 35.9 Å². The SMILES string of the molecule is C#C[C@H](CO)CCC(=O)N[C@@H](C)c1ccccc1. The van der Waals surface area contributed by atoms with Crippen LogP contribution in [0.3, 0.4) is 0 Å². The maximum absolute atomic E-state index is 11.7. The molecule has 0 aromatic heterocycles. The van der Waals surface area contributed by atoms with E-state index >= 15 is 0 Å². The molecule has 0 radical (unpaired) electrons. The first kappa shape index (κ1) is 14.3. The molecule has 0 aliphatic rings. The average molecular weight is 245 g/mol. The lowest BCUT2D eigenvalue weighted by atomic mass is 10.0. The fourth-order valence-electron chi connectivity index (χ4n) is 1.67. The van der Waals surface area contributed by atoms with Crippen molar-refractivity contribution in [2.24, 2.45) is 5.92 Å². The highest BCUT2D eigenvalue weighted by atomic mass is 16.3. The van der Waals surface area contributed by atoms with Crippen LogP contribution in [0.15, 0.2) is 30.3 Å². The Morgan fingerprint density at radius 2 is 2.11 bits per heavy atom. The minimum atomic E-state index is -0.234. The molecule has 0 fully saturated rings. The third-order valence-corrected chi connectivity index (χ3v) is 2.85. The molecule has 1 amide bonds. The van der Waals surface area contributed by atoms with Crippen LogP contribution >= 0.6 is 0 Å². The molecule has 0 saturated heterocycles. The summed E-state index contributed by atoms with van der Waals surface area (Å²) in [6.45, 7) is 1.87. The molecule has 0 bridgehead atoms. The van der Waals surface area contributed by atoms with E-state index in [-0.39, 0.29) is 24.5 Å². The summed E-state index contributed by atoms with van der Waals surface area (Å²) in [6, 6.07) is 9.76. The number of carbonyl (C=O) groups excluding carboxylic acids is 1. The molecule has 3 heteroatoms. The molecule has 2 atom stereocenters. The van der Waals surface area contributed by atoms with Crippen molar-refractivity contribution in [1.82, 2.24) is 5.32 Å². The fraction of sp³-hybridized carbons (Fsp3) is 0.400. The Bertz CT molecular complexity index is 408. The second kappa shape index (κ2) is 7.52. The van der Waals surface area contributed by atoms with E-state index in [1.165, 1.54) is 0 Å². The molecule has 0 spiro atoms. The van der Waals surface area contributed by atoms with Gasteiger partial charge in [-0.1, -0.05) is 30.3 Å². The van der Waals surface area contributed by atoms with E-state index in [0.717, 1.165) is 5.56 Å². The van der Waals surface area contributed by atoms with E-state index < -0.39 is 0 Å². The number of aliphatic hydroxyl groups is 1. The van der Waals surface area contributed by atoms with Crippen LogP contribution in [0.5, 0.6) is 0 Å². The van der Waals surface area contributed by atoms with Gasteiger partial charge >= 0.3 is 0 Å². The zero-order valence-corrected chi connectivity index (χ0v) is 10.6. The maximum atomic E-state index is 11.7. The van der Waals surface area contributed by atoms with Gasteiger partial charge in [-0.15, -0.1) is 12.3 Å². The quantitative estimate of drug-likeness (QED) is 0.752. The number of amides is 1. The molecule has 18 heavy (non-hydrogen) atoms. The second-order valence-corrected chi connectivity index (χ2v) is 4.28. The third kappa shape index (κ3) is 4.60. The van der Waals surface area contributed by atoms with Crippen LogP contribution in [0.2, 0.25) is 0 Å². The van der Waals surface area contributed by atoms with Crippen molar-refractivity contribution in [3.8, 4) is 12.3 Å². The minimum absolute atomic E-state index is 0.0166. The predicted molar refractivity (Wildman–Crippen MR) is 71.6 cm³/mol. The Morgan fingerprint density at radius 1 is 1.44 bits per heavy atom. The topological polar surface area (TPSA) is 49.3 Å². The molecule has 0 heterocycles. The van der Waals surface area contributed by atoms with Crippen molar-refractivity contribution in [2.45, 2.75) is 25.8 Å². The van der Waals surface area contributed by atoms with Crippen molar-refractivity contribution in [2.75, 3.05) is 6.61 Å². The predicted octanol–water partition coefficient (Wildman–Crippen LogP) is 1.89. The molecule has 3 nitrogen and oxygen atoms in total. The van der Waals surface area contributed by atoms with Crippen molar-refractivity contribution in [1.29, 1.82) is 0 Å². The second-order valence-electron chi connectivity index (χ2n) is 4.28. The monoisotopic (exact) mass is 245 g/mol. The minimum Gasteiger partial charge on any atom is -0.395 e. The van der Waals surface area contributed by atoms with Crippen LogP contribution in [0.4, 0.5) is 0 Å². The van der Waals surface area contributed by atoms with Crippen LogP contribution < -0.4 is 5.32 Å². The smallest absolute Gasteiger partial charge is 0.220 e. The van der Waals surface area contributed by atoms with Crippen LogP contribution in [-0.2, 0) is 4.79 Å². The first-order valence-corrected chi connectivity index (χ1v) is 6.08. The number of aliphatic hydroxyl groups excluding tert-OH is 1. The van der Waals surface area contributed by atoms with Crippen molar-refractivity contribution in [3.63, 3.8) is 0 Å². The molecule has 0 aliphatic carbocycles. The maximum Gasteiger partial charge on any atom is 0.220 e. The summed E-state index contributed by atoms with van der Waals surface area (Å²) < 4.78 is 0. The first-order chi connectivity index (χ1) is 8.67. The largest absolute Gasteiger partial charge is 0.395 e. The van der Waals surface area contributed by atoms with Gasteiger partial charge in [0.1, 0.15) is 0 Å². The molecule has 0 unspecified atom stereocenters. The average Bonchev–Trinajstić information content (AvgIpc) is 2.41. The van der Waals surface area contributed by atoms with Gasteiger partial charge in [-0.3, -0.25) is 4.79 Å². The van der Waals surface area contributed by atoms with Gasteiger partial charge < -0.3 is 10.4 Å². The number of rotatable bonds is 6. The van der Waals surface area contributed by atoms with Gasteiger partial charge in [-0.05, 0) is 18.9 Å². The first-order valence-electron chi connectivity index (χ1n) is 6.08. The van der Waals surface area contributed by atoms with Gasteiger partial charge in [0.05, 0.1) is 12.6 Å². The summed E-state index contributed by atoms with van der Waals surface area (Å²) in [7, 11) is 0. The van der Waals surface area contributed by atoms with Crippen LogP contribution in [0.1, 0.15) is 31.4 Å². The van der Waals surface area contributed by atoms with Crippen LogP contribution in [0, 0.1) is 18.3 Å². The molecular formula is C15H19NO2. The van der Waals surface area contributed by atoms with Gasteiger partial charge in [0.25, 0.3) is 0 Å². The molecule has 1 aromatic carbocycles. The lowest BCUT2D eigenvalue weighted by molar-refractivity contribution is -0.122. The molecule has 1 aromatic rings. The molecule has 2 N–H and O–H groups in total. The van der Waals surface area contributed by atoms with E-state index in [1.807, 2.05) is 37.3 Å². The number of carbonyl (C=O) groups is 1. The van der Waals surface area contributed by atoms with Gasteiger partial charge in [0.2, 0.25) is 5.91 Å². The Morgan fingerprint density at radius 3 is 2.67 bits per heavy atom. The number of hydrogen-bond acceptors (Lipinski definition) is 2. The normalized spacial score (nSPS) is 13.4. The zero-order valence-electron chi connectivity index (χ0n) is 10.6. The lowest BCUT2D eigenvalue weighted by Gasteiger charge is -2.14. The summed E-state index contributed by atoms with van der Waals surface area (Å²) >= 11 is 0. The van der Waals surface area contributed by atoms with E-state index in [1.54, 1.807) is 0 Å². The Balaban J connectivity index is 2.39. The number of terminal acetylenes is 1. The van der Waals surface area contributed by atoms with Crippen molar-refractivity contribution < 1.29 is 9.90 Å². The summed E-state index contributed by atoms with van der Waals surface area (Å²) in [5.41, 5.74) is 1.07. The summed E-state index contributed by atoms with van der Waals surface area (Å²) in [6.07, 6.45) is 6.07. The number of nitrogens with one attached hydrogen (secondary N) is 1. The highest BCUT2D eigenvalue weighted by Crippen LogP contribution is 2.12. The summed E-state index contributed by atoms with van der Waals surface area (Å²) in [5.74, 6) is 2.19. The van der Waals surface area contributed by atoms with Crippen LogP contribution in [-0.4, -0.2) is 17.6 Å². The Labute approximate surface area is 108 Å². The molecule has 0 saturated carbocycles. The van der Waals surface area contributed by atoms with Crippen LogP contribution in [0.25, 0.3) is 0 Å². The number of hydrogen-bond donors (Lipinski definition) is 2. The van der Waals surface area contributed by atoms with E-state index in [9.17, 15) is 4.79 Å². The molecular weight excluding hydrogens is 226 g/mol. The Hall–Kier alpha value is -1.79. The zero-order chi connectivity index (χ0) is 13.4.